The SMILES string of the molecule is COc1ccc(N2CCO[C@@H]2c2ccn(-c3ccccc3C(F)(F)F)c2)cc1. The molecule has 0 saturated carbocycles. The van der Waals surface area contributed by atoms with Crippen molar-refractivity contribution >= 4 is 5.69 Å². The molecule has 2 aromatic carbocycles. The summed E-state index contributed by atoms with van der Waals surface area (Å²) in [6, 6.07) is 15.0. The second-order valence-electron chi connectivity index (χ2n) is 6.48. The maximum Gasteiger partial charge on any atom is 0.418 e. The van der Waals surface area contributed by atoms with E-state index in [2.05, 4.69) is 4.90 Å². The standard InChI is InChI=1S/C21H19F3N2O2/c1-27-17-8-6-16(7-9-17)26-12-13-28-20(26)15-10-11-25(14-15)19-5-3-2-4-18(19)21(22,23)24/h2-11,14,20H,12-13H2,1H3/t20-/m1/s1. The number of aromatic nitrogens is 1. The van der Waals surface area contributed by atoms with Crippen LogP contribution in [0.5, 0.6) is 5.75 Å². The Morgan fingerprint density at radius 3 is 2.50 bits per heavy atom. The molecule has 0 aliphatic carbocycles. The van der Waals surface area contributed by atoms with Crippen LogP contribution in [0.25, 0.3) is 5.69 Å². The number of hydrogen-bond donors (Lipinski definition) is 0. The Kier molecular flexibility index (Phi) is 4.77. The molecule has 0 N–H and O–H groups in total. The summed E-state index contributed by atoms with van der Waals surface area (Å²) in [5.74, 6) is 0.760. The number of methoxy groups -OCH3 is 1. The summed E-state index contributed by atoms with van der Waals surface area (Å²) in [6.07, 6.45) is -1.45. The van der Waals surface area contributed by atoms with Gasteiger partial charge in [0.05, 0.1) is 25.0 Å². The largest absolute Gasteiger partial charge is 0.497 e. The topological polar surface area (TPSA) is 26.6 Å². The van der Waals surface area contributed by atoms with Gasteiger partial charge in [0.1, 0.15) is 5.75 Å². The molecular formula is C21H19F3N2O2. The highest BCUT2D eigenvalue weighted by atomic mass is 19.4. The van der Waals surface area contributed by atoms with Crippen LogP contribution in [0.15, 0.2) is 67.0 Å². The second kappa shape index (κ2) is 7.24. The summed E-state index contributed by atoms with van der Waals surface area (Å²) in [5, 5.41) is 0. The quantitative estimate of drug-likeness (QED) is 0.627. The smallest absolute Gasteiger partial charge is 0.418 e. The molecule has 3 aromatic rings. The van der Waals surface area contributed by atoms with Crippen molar-refractivity contribution in [3.05, 3.63) is 78.1 Å². The summed E-state index contributed by atoms with van der Waals surface area (Å²) in [7, 11) is 1.61. The van der Waals surface area contributed by atoms with Crippen molar-refractivity contribution in [3.8, 4) is 11.4 Å². The fraction of sp³-hybridized carbons (Fsp3) is 0.238. The molecular weight excluding hydrogens is 369 g/mol. The molecule has 1 fully saturated rings. The van der Waals surface area contributed by atoms with E-state index >= 15 is 0 Å². The molecule has 146 valence electrons. The number of nitrogens with zero attached hydrogens (tertiary/aromatic N) is 2. The number of ether oxygens (including phenoxy) is 2. The van der Waals surface area contributed by atoms with E-state index in [1.807, 2.05) is 24.3 Å². The number of benzene rings is 2. The van der Waals surface area contributed by atoms with Gasteiger partial charge < -0.3 is 18.9 Å². The fourth-order valence-electron chi connectivity index (χ4n) is 3.43. The lowest BCUT2D eigenvalue weighted by atomic mass is 10.1. The summed E-state index contributed by atoms with van der Waals surface area (Å²) in [5.41, 5.74) is 1.18. The molecule has 1 saturated heterocycles. The van der Waals surface area contributed by atoms with Gasteiger partial charge in [0.25, 0.3) is 0 Å². The average molecular weight is 388 g/mol. The highest BCUT2D eigenvalue weighted by Gasteiger charge is 2.34. The highest BCUT2D eigenvalue weighted by Crippen LogP contribution is 2.36. The van der Waals surface area contributed by atoms with Gasteiger partial charge in [0.15, 0.2) is 6.23 Å². The molecule has 0 bridgehead atoms. The number of hydrogen-bond acceptors (Lipinski definition) is 3. The Bertz CT molecular complexity index is 951. The van der Waals surface area contributed by atoms with Crippen LogP contribution in [0, 0.1) is 0 Å². The number of alkyl halides is 3. The first-order valence-corrected chi connectivity index (χ1v) is 8.84. The van der Waals surface area contributed by atoms with Gasteiger partial charge in [-0.1, -0.05) is 12.1 Å². The van der Waals surface area contributed by atoms with Gasteiger partial charge >= 0.3 is 6.18 Å². The maximum atomic E-state index is 13.3. The lowest BCUT2D eigenvalue weighted by Crippen LogP contribution is -2.22. The van der Waals surface area contributed by atoms with E-state index in [0.29, 0.717) is 13.2 Å². The van der Waals surface area contributed by atoms with E-state index in [-0.39, 0.29) is 11.9 Å². The van der Waals surface area contributed by atoms with Crippen molar-refractivity contribution in [1.29, 1.82) is 0 Å². The minimum atomic E-state index is -4.42. The Labute approximate surface area is 160 Å². The van der Waals surface area contributed by atoms with Crippen LogP contribution >= 0.6 is 0 Å². The summed E-state index contributed by atoms with van der Waals surface area (Å²) in [6.45, 7) is 1.24. The van der Waals surface area contributed by atoms with Gasteiger partial charge in [-0.2, -0.15) is 13.2 Å². The van der Waals surface area contributed by atoms with Gasteiger partial charge in [-0.15, -0.1) is 0 Å². The monoisotopic (exact) mass is 388 g/mol. The van der Waals surface area contributed by atoms with Crippen molar-refractivity contribution in [3.63, 3.8) is 0 Å². The van der Waals surface area contributed by atoms with Crippen LogP contribution in [-0.4, -0.2) is 24.8 Å². The highest BCUT2D eigenvalue weighted by molar-refractivity contribution is 5.52. The number of rotatable bonds is 4. The molecule has 1 aromatic heterocycles. The fourth-order valence-corrected chi connectivity index (χ4v) is 3.43. The zero-order chi connectivity index (χ0) is 19.7. The molecule has 1 atom stereocenters. The Morgan fingerprint density at radius 2 is 1.79 bits per heavy atom. The second-order valence-corrected chi connectivity index (χ2v) is 6.48. The predicted octanol–water partition coefficient (Wildman–Crippen LogP) is 5.04. The predicted molar refractivity (Wildman–Crippen MR) is 99.8 cm³/mol. The number of para-hydroxylation sites is 1. The van der Waals surface area contributed by atoms with Crippen LogP contribution in [0.2, 0.25) is 0 Å². The molecule has 1 aliphatic rings. The molecule has 4 rings (SSSR count). The molecule has 0 unspecified atom stereocenters. The molecule has 28 heavy (non-hydrogen) atoms. The molecule has 0 radical (unpaired) electrons. The van der Waals surface area contributed by atoms with Crippen LogP contribution in [0.3, 0.4) is 0 Å². The lowest BCUT2D eigenvalue weighted by molar-refractivity contribution is -0.137. The van der Waals surface area contributed by atoms with Gasteiger partial charge in [-0.3, -0.25) is 0 Å². The van der Waals surface area contributed by atoms with Crippen molar-refractivity contribution in [2.24, 2.45) is 0 Å². The van der Waals surface area contributed by atoms with Gasteiger partial charge in [-0.05, 0) is 42.5 Å². The third-order valence-electron chi connectivity index (χ3n) is 4.78. The van der Waals surface area contributed by atoms with Crippen LogP contribution in [0.1, 0.15) is 17.4 Å². The number of anilines is 1. The van der Waals surface area contributed by atoms with E-state index in [1.54, 1.807) is 31.6 Å². The van der Waals surface area contributed by atoms with Crippen molar-refractivity contribution in [2.45, 2.75) is 12.4 Å². The van der Waals surface area contributed by atoms with Crippen LogP contribution in [-0.2, 0) is 10.9 Å². The molecule has 7 heteroatoms. The van der Waals surface area contributed by atoms with E-state index in [9.17, 15) is 13.2 Å². The van der Waals surface area contributed by atoms with E-state index in [1.165, 1.54) is 16.7 Å². The van der Waals surface area contributed by atoms with Gasteiger partial charge in [0, 0.05) is 30.2 Å². The molecule has 0 amide bonds. The first kappa shape index (κ1) is 18.4. The molecule has 0 spiro atoms. The summed E-state index contributed by atoms with van der Waals surface area (Å²) >= 11 is 0. The Morgan fingerprint density at radius 1 is 1.04 bits per heavy atom. The summed E-state index contributed by atoms with van der Waals surface area (Å²) < 4.78 is 52.5. The summed E-state index contributed by atoms with van der Waals surface area (Å²) in [4.78, 5) is 2.08. The van der Waals surface area contributed by atoms with Crippen molar-refractivity contribution in [2.75, 3.05) is 25.2 Å². The first-order valence-electron chi connectivity index (χ1n) is 8.84. The normalized spacial score (nSPS) is 17.1. The van der Waals surface area contributed by atoms with Crippen LogP contribution < -0.4 is 9.64 Å². The molecule has 4 nitrogen and oxygen atoms in total. The third kappa shape index (κ3) is 3.45. The lowest BCUT2D eigenvalue weighted by Gasteiger charge is -2.24. The maximum absolute atomic E-state index is 13.3. The van der Waals surface area contributed by atoms with Crippen molar-refractivity contribution < 1.29 is 22.6 Å². The van der Waals surface area contributed by atoms with E-state index < -0.39 is 11.7 Å². The Hall–Kier alpha value is -2.93. The minimum Gasteiger partial charge on any atom is -0.497 e. The molecule has 1 aliphatic heterocycles. The zero-order valence-electron chi connectivity index (χ0n) is 15.2. The average Bonchev–Trinajstić information content (AvgIpc) is 3.37. The minimum absolute atomic E-state index is 0.0928. The third-order valence-corrected chi connectivity index (χ3v) is 4.78. The van der Waals surface area contributed by atoms with Crippen molar-refractivity contribution in [1.82, 2.24) is 4.57 Å². The van der Waals surface area contributed by atoms with Gasteiger partial charge in [-0.25, -0.2) is 0 Å². The molecule has 2 heterocycles. The van der Waals surface area contributed by atoms with Gasteiger partial charge in [0.2, 0.25) is 0 Å². The first-order chi connectivity index (χ1) is 13.5. The zero-order valence-corrected chi connectivity index (χ0v) is 15.2. The van der Waals surface area contributed by atoms with Crippen LogP contribution in [0.4, 0.5) is 18.9 Å². The number of halogens is 3. The Balaban J connectivity index is 1.64. The van der Waals surface area contributed by atoms with E-state index in [0.717, 1.165) is 23.1 Å². The van der Waals surface area contributed by atoms with E-state index in [4.69, 9.17) is 9.47 Å².